The number of thiocarbonyl (C=S) groups is 1. The van der Waals surface area contributed by atoms with Crippen molar-refractivity contribution in [2.45, 2.75) is 58.5 Å². The summed E-state index contributed by atoms with van der Waals surface area (Å²) in [4.78, 5) is 120. The first kappa shape index (κ1) is 66.9. The molecule has 3 saturated heterocycles. The summed E-state index contributed by atoms with van der Waals surface area (Å²) in [5, 5.41) is 64.8. The van der Waals surface area contributed by atoms with Crippen LogP contribution in [-0.4, -0.2) is 278 Å². The maximum Gasteiger partial charge on any atom is 0.317 e. The quantitative estimate of drug-likeness (QED) is 0.0390. The van der Waals surface area contributed by atoms with Gasteiger partial charge in [0.15, 0.2) is 0 Å². The van der Waals surface area contributed by atoms with Crippen LogP contribution in [0.5, 0.6) is 0 Å². The molecule has 27 heteroatoms. The molecule has 3 amide bonds. The second-order valence-corrected chi connectivity index (χ2v) is 21.0. The van der Waals surface area contributed by atoms with E-state index >= 15 is 0 Å². The zero-order chi connectivity index (χ0) is 59.4. The van der Waals surface area contributed by atoms with Crippen molar-refractivity contribution in [3.63, 3.8) is 0 Å². The average molecular weight is 1160 g/mol. The third-order valence-corrected chi connectivity index (χ3v) is 14.3. The summed E-state index contributed by atoms with van der Waals surface area (Å²) in [5.41, 5.74) is 3.36. The monoisotopic (exact) mass is 1160 g/mol. The van der Waals surface area contributed by atoms with Crippen LogP contribution in [0, 0.1) is 5.92 Å². The van der Waals surface area contributed by atoms with Gasteiger partial charge < -0.3 is 46.6 Å². The Balaban J connectivity index is 0.000000357. The van der Waals surface area contributed by atoms with E-state index in [-0.39, 0.29) is 88.3 Å². The summed E-state index contributed by atoms with van der Waals surface area (Å²) in [6.07, 6.45) is 1.95. The van der Waals surface area contributed by atoms with Crippen LogP contribution in [0.15, 0.2) is 48.5 Å². The molecule has 5 rings (SSSR count). The van der Waals surface area contributed by atoms with Crippen LogP contribution in [0.1, 0.15) is 50.7 Å². The Kier molecular flexibility index (Phi) is 29.2. The van der Waals surface area contributed by atoms with Gasteiger partial charge in [0.05, 0.1) is 44.3 Å². The molecule has 448 valence electrons. The van der Waals surface area contributed by atoms with Crippen molar-refractivity contribution in [3.8, 4) is 0 Å². The number of hydrogen-bond acceptors (Lipinski definition) is 18. The Morgan fingerprint density at radius 2 is 1.04 bits per heavy atom. The number of likely N-dealkylation sites (tertiary alicyclic amines) is 1. The summed E-state index contributed by atoms with van der Waals surface area (Å²) in [6, 6.07) is 14.7. The van der Waals surface area contributed by atoms with Gasteiger partial charge in [-0.15, -0.1) is 0 Å². The van der Waals surface area contributed by atoms with Crippen molar-refractivity contribution in [1.82, 2.24) is 44.5 Å². The molecule has 0 saturated carbocycles. The summed E-state index contributed by atoms with van der Waals surface area (Å²) in [5.74, 6) is -6.64. The maximum atomic E-state index is 12.4. The molecule has 2 unspecified atom stereocenters. The smallest absolute Gasteiger partial charge is 0.317 e. The Morgan fingerprint density at radius 1 is 0.593 bits per heavy atom. The van der Waals surface area contributed by atoms with Gasteiger partial charge in [-0.2, -0.15) is 0 Å². The molecule has 0 aliphatic carbocycles. The van der Waals surface area contributed by atoms with E-state index in [4.69, 9.17) is 12.2 Å². The molecule has 2 aromatic carbocycles. The highest BCUT2D eigenvalue weighted by Gasteiger charge is 2.35. The van der Waals surface area contributed by atoms with Gasteiger partial charge in [0.25, 0.3) is 0 Å². The number of carbonyl (C=O) groups is 9. The van der Waals surface area contributed by atoms with Crippen molar-refractivity contribution in [2.75, 3.05) is 155 Å². The number of benzene rings is 2. The fraction of sp³-hybridized carbons (Fsp3) is 0.593. The highest BCUT2D eigenvalue weighted by atomic mass is 32.1. The first-order valence-electron chi connectivity index (χ1n) is 27.3. The molecular formula is C54H81N11O15S. The molecule has 9 N–H and O–H groups in total. The van der Waals surface area contributed by atoms with E-state index in [0.717, 1.165) is 28.2 Å². The van der Waals surface area contributed by atoms with Gasteiger partial charge in [0.2, 0.25) is 17.7 Å². The molecule has 2 aromatic rings. The lowest BCUT2D eigenvalue weighted by Crippen LogP contribution is -2.47. The number of rotatable bonds is 29. The zero-order valence-electron chi connectivity index (χ0n) is 46.4. The number of carbonyl (C=O) groups excluding carboxylic acids is 3. The van der Waals surface area contributed by atoms with E-state index in [2.05, 4.69) is 25.8 Å². The number of nitrogens with one attached hydrogen (secondary N) is 3. The Labute approximate surface area is 477 Å². The number of imide groups is 1. The van der Waals surface area contributed by atoms with Crippen molar-refractivity contribution in [3.05, 3.63) is 59.7 Å². The number of hydrogen-bond donors (Lipinski definition) is 9. The molecule has 3 heterocycles. The van der Waals surface area contributed by atoms with Crippen LogP contribution >= 0.6 is 12.2 Å². The van der Waals surface area contributed by atoms with E-state index in [1.165, 1.54) is 4.90 Å². The van der Waals surface area contributed by atoms with E-state index < -0.39 is 35.8 Å². The molecule has 2 atom stereocenters. The van der Waals surface area contributed by atoms with E-state index in [0.29, 0.717) is 123 Å². The number of aliphatic carboxylic acids is 6. The normalized spacial score (nSPS) is 18.0. The average Bonchev–Trinajstić information content (AvgIpc) is 3.72. The molecule has 0 aromatic heterocycles. The lowest BCUT2D eigenvalue weighted by Gasteiger charge is -2.29. The minimum Gasteiger partial charge on any atom is -0.480 e. The summed E-state index contributed by atoms with van der Waals surface area (Å²) in [7, 11) is 0. The van der Waals surface area contributed by atoms with Gasteiger partial charge >= 0.3 is 35.8 Å². The fourth-order valence-corrected chi connectivity index (χ4v) is 9.64. The van der Waals surface area contributed by atoms with Crippen molar-refractivity contribution >= 4 is 82.1 Å². The molecule has 26 nitrogen and oxygen atoms in total. The number of nitrogens with zero attached hydrogens (tertiary/aromatic N) is 8. The standard InChI is InChI=1S/C30H44N6O9.C24H37N5O6S/c1-21-15-26(38)36(30(21)45)8-2-3-25(37)32-23-6-4-22(5-7-23)16-24(31-17-27(39)40)18-33-9-11-34(19-28(41)42)13-14-35(12-10-33)20-29(43)44;1-2-21(36)25-20-5-3-19(4-6-20)15-29(18-24(34)35)14-9-26-7-10-27(16-22(30)31)12-13-28(11-8-26)17-23(32)33/h4-7,21,24,31H,2-3,8-20H2,1H3,(H,32,37)(H,39,40)(H,41,42)(H,43,44);3-6H,2,7-18H2,1H3,(H,25,36)(H,30,31)(H,32,33)(H,34,35). The second-order valence-electron chi connectivity index (χ2n) is 20.5. The van der Waals surface area contributed by atoms with Crippen LogP contribution < -0.4 is 16.0 Å². The highest BCUT2D eigenvalue weighted by molar-refractivity contribution is 7.80. The first-order valence-corrected chi connectivity index (χ1v) is 27.7. The number of carboxylic acids is 6. The Hall–Kier alpha value is -6.56. The molecular weight excluding hydrogens is 1070 g/mol. The van der Waals surface area contributed by atoms with Crippen molar-refractivity contribution in [1.29, 1.82) is 0 Å². The van der Waals surface area contributed by atoms with Gasteiger partial charge in [-0.25, -0.2) is 0 Å². The topological polar surface area (TPSA) is 337 Å². The highest BCUT2D eigenvalue weighted by Crippen LogP contribution is 2.20. The minimum absolute atomic E-state index is 0.103. The molecule has 3 aliphatic heterocycles. The first-order chi connectivity index (χ1) is 38.5. The Bertz CT molecular complexity index is 2370. The van der Waals surface area contributed by atoms with Crippen LogP contribution in [0.2, 0.25) is 0 Å². The van der Waals surface area contributed by atoms with E-state index in [1.807, 2.05) is 58.0 Å². The molecule has 0 bridgehead atoms. The summed E-state index contributed by atoms with van der Waals surface area (Å²) in [6.45, 7) is 11.2. The number of anilines is 2. The van der Waals surface area contributed by atoms with E-state index in [1.54, 1.807) is 28.9 Å². The van der Waals surface area contributed by atoms with Crippen LogP contribution in [0.3, 0.4) is 0 Å². The lowest BCUT2D eigenvalue weighted by molar-refractivity contribution is -0.140. The third kappa shape index (κ3) is 27.2. The molecule has 81 heavy (non-hydrogen) atoms. The zero-order valence-corrected chi connectivity index (χ0v) is 47.2. The van der Waals surface area contributed by atoms with E-state index in [9.17, 15) is 73.8 Å². The van der Waals surface area contributed by atoms with Gasteiger partial charge in [-0.05, 0) is 54.7 Å². The number of amides is 3. The summed E-state index contributed by atoms with van der Waals surface area (Å²) < 4.78 is 0. The van der Waals surface area contributed by atoms with Gasteiger partial charge in [0.1, 0.15) is 0 Å². The fourth-order valence-electron chi connectivity index (χ4n) is 9.52. The minimum atomic E-state index is -1.00. The van der Waals surface area contributed by atoms with Gasteiger partial charge in [-0.3, -0.25) is 82.4 Å². The van der Waals surface area contributed by atoms with Crippen molar-refractivity contribution in [2.24, 2.45) is 5.92 Å². The maximum absolute atomic E-state index is 12.4. The molecule has 0 radical (unpaired) electrons. The van der Waals surface area contributed by atoms with Crippen LogP contribution in [0.4, 0.5) is 11.4 Å². The summed E-state index contributed by atoms with van der Waals surface area (Å²) >= 11 is 5.21. The predicted octanol–water partition coefficient (Wildman–Crippen LogP) is 0.286. The Morgan fingerprint density at radius 3 is 1.46 bits per heavy atom. The van der Waals surface area contributed by atoms with Crippen LogP contribution in [0.25, 0.3) is 0 Å². The second kappa shape index (κ2) is 35.3. The van der Waals surface area contributed by atoms with Crippen LogP contribution in [-0.2, 0) is 56.1 Å². The van der Waals surface area contributed by atoms with Gasteiger partial charge in [0, 0.05) is 147 Å². The lowest BCUT2D eigenvalue weighted by atomic mass is 10.0. The van der Waals surface area contributed by atoms with Crippen molar-refractivity contribution < 1.29 is 73.8 Å². The molecule has 3 aliphatic rings. The number of carboxylic acid groups (broad SMARTS) is 6. The SMILES string of the molecule is CC1CC(=O)N(CCCC(=O)Nc2ccc(CC(CN3CCN(CC(=O)O)CCN(CC(=O)O)CC3)NCC(=O)O)cc2)C1=O.CCC(=S)Nc1ccc(CN(CCN2CCN(CC(=O)O)CCN(CC(=O)O)CC2)CC(=O)O)cc1. The largest absolute Gasteiger partial charge is 0.480 e. The van der Waals surface area contributed by atoms with Gasteiger partial charge in [-0.1, -0.05) is 50.3 Å². The third-order valence-electron chi connectivity index (χ3n) is 13.9. The molecule has 0 spiro atoms. The molecule has 3 fully saturated rings. The predicted molar refractivity (Wildman–Crippen MR) is 303 cm³/mol.